The lowest BCUT2D eigenvalue weighted by Crippen LogP contribution is -2.48. The van der Waals surface area contributed by atoms with Crippen LogP contribution in [0.5, 0.6) is 0 Å². The van der Waals surface area contributed by atoms with Crippen LogP contribution in [0.1, 0.15) is 69.2 Å². The number of carboxylic acid groups (broad SMARTS) is 1. The standard InChI is InChI=1S/C23H20ClN5O5S2.C22H18ClN5O5S2/c1-34-23(33)16(11-26-20(30)17-6-3-7-35-17)28-22(32)19-14(24)8-18(36-19)21(31)25-9-12-4-2-5-15-13(12)10-27-29-15;23-13-7-17(20(30)24-8-11-3-1-4-14-12(11)9-26-28-14)35-18(13)21(31)27-15(22(32)33)10-25-19(29)16-5-2-6-34-16/h2-8,10,16H,9,11H2,1H3,(H,25,31)(H,26,30)(H,27,29)(H,28,32);1-7,9,15H,8,10H2,(H,24,30)(H,25,29)(H,26,28)(H,27,31)(H,32,33)/t16-;15-/m00/s1. The van der Waals surface area contributed by atoms with E-state index in [0.29, 0.717) is 9.75 Å². The Hall–Kier alpha value is -7.48. The van der Waals surface area contributed by atoms with Gasteiger partial charge in [-0.2, -0.15) is 10.2 Å². The van der Waals surface area contributed by atoms with Crippen molar-refractivity contribution < 1.29 is 48.2 Å². The number of aromatic amines is 2. The fourth-order valence-corrected chi connectivity index (χ4v) is 10.3. The molecule has 0 bridgehead atoms. The van der Waals surface area contributed by atoms with Crippen LogP contribution >= 0.6 is 68.5 Å². The molecule has 9 N–H and O–H groups in total. The van der Waals surface area contributed by atoms with Gasteiger partial charge in [0.15, 0.2) is 0 Å². The molecule has 366 valence electrons. The number of hydrogen-bond donors (Lipinski definition) is 9. The summed E-state index contributed by atoms with van der Waals surface area (Å²) >= 11 is 16.6. The molecule has 0 unspecified atom stereocenters. The molecule has 0 spiro atoms. The number of ether oxygens (including phenoxy) is 1. The smallest absolute Gasteiger partial charge is 0.330 e. The van der Waals surface area contributed by atoms with Crippen LogP contribution in [0.2, 0.25) is 10.0 Å². The molecule has 0 saturated heterocycles. The fourth-order valence-electron chi connectivity index (χ4n) is 6.53. The van der Waals surface area contributed by atoms with Gasteiger partial charge >= 0.3 is 11.9 Å². The van der Waals surface area contributed by atoms with Gasteiger partial charge in [-0.15, -0.1) is 45.3 Å². The number of benzene rings is 2. The van der Waals surface area contributed by atoms with E-state index >= 15 is 0 Å². The van der Waals surface area contributed by atoms with Crippen molar-refractivity contribution in [2.24, 2.45) is 0 Å². The molecule has 2 aromatic carbocycles. The minimum absolute atomic E-state index is 0.00964. The number of nitrogens with one attached hydrogen (secondary N) is 8. The van der Waals surface area contributed by atoms with Crippen molar-refractivity contribution in [1.29, 1.82) is 0 Å². The monoisotopic (exact) mass is 1080 g/mol. The summed E-state index contributed by atoms with van der Waals surface area (Å²) in [6, 6.07) is 18.0. The van der Waals surface area contributed by atoms with Gasteiger partial charge in [0, 0.05) is 37.0 Å². The van der Waals surface area contributed by atoms with E-state index in [2.05, 4.69) is 52.3 Å². The van der Waals surface area contributed by atoms with Gasteiger partial charge in [-0.3, -0.25) is 39.0 Å². The number of methoxy groups -OCH3 is 1. The van der Waals surface area contributed by atoms with Crippen molar-refractivity contribution >= 4 is 138 Å². The second-order valence-electron chi connectivity index (χ2n) is 14.7. The molecular formula is C45H38Cl2N10O10S4. The second-order valence-corrected chi connectivity index (χ2v) is 19.5. The lowest BCUT2D eigenvalue weighted by Gasteiger charge is -2.16. The first kappa shape index (κ1) is 51.4. The van der Waals surface area contributed by atoms with Gasteiger partial charge in [0.2, 0.25) is 0 Å². The van der Waals surface area contributed by atoms with Gasteiger partial charge < -0.3 is 41.7 Å². The zero-order valence-electron chi connectivity index (χ0n) is 36.6. The minimum Gasteiger partial charge on any atom is -0.480 e. The van der Waals surface area contributed by atoms with E-state index in [0.717, 1.165) is 55.6 Å². The summed E-state index contributed by atoms with van der Waals surface area (Å²) < 4.78 is 4.74. The summed E-state index contributed by atoms with van der Waals surface area (Å²) in [5.74, 6) is -5.18. The molecule has 0 saturated carbocycles. The maximum absolute atomic E-state index is 12.9. The molecule has 8 aromatic rings. The van der Waals surface area contributed by atoms with Crippen molar-refractivity contribution in [3.8, 4) is 0 Å². The van der Waals surface area contributed by atoms with E-state index in [4.69, 9.17) is 27.9 Å². The van der Waals surface area contributed by atoms with Crippen LogP contribution in [0.4, 0.5) is 0 Å². The number of esters is 1. The molecule has 6 heterocycles. The van der Waals surface area contributed by atoms with E-state index in [1.807, 2.05) is 36.4 Å². The SMILES string of the molecule is COC(=O)[C@H](CNC(=O)c1cccs1)NC(=O)c1sc(C(=O)NCc2cccc3[nH]ncc23)cc1Cl.O=C(NC[C@H](NC(=O)c1sc(C(=O)NCc2cccc3[nH]ncc23)cc1Cl)C(=O)O)c1cccs1. The Balaban J connectivity index is 0.000000209. The van der Waals surface area contributed by atoms with E-state index in [1.54, 1.807) is 47.4 Å². The molecule has 71 heavy (non-hydrogen) atoms. The summed E-state index contributed by atoms with van der Waals surface area (Å²) in [4.78, 5) is 100. The first-order chi connectivity index (χ1) is 34.2. The third-order valence-corrected chi connectivity index (χ3v) is 14.9. The summed E-state index contributed by atoms with van der Waals surface area (Å²) in [7, 11) is 1.17. The Morgan fingerprint density at radius 2 is 1.03 bits per heavy atom. The number of amides is 6. The van der Waals surface area contributed by atoms with Crippen LogP contribution < -0.4 is 31.9 Å². The summed E-state index contributed by atoms with van der Waals surface area (Å²) in [5, 5.41) is 44.0. The zero-order valence-corrected chi connectivity index (χ0v) is 41.4. The van der Waals surface area contributed by atoms with Crippen molar-refractivity contribution in [3.63, 3.8) is 0 Å². The number of nitrogens with zero attached hydrogens (tertiary/aromatic N) is 2. The molecule has 8 rings (SSSR count). The number of rotatable bonds is 18. The van der Waals surface area contributed by atoms with Gasteiger partial charge in [0.25, 0.3) is 35.4 Å². The second kappa shape index (κ2) is 23.9. The first-order valence-electron chi connectivity index (χ1n) is 20.7. The molecule has 26 heteroatoms. The number of hydrogen-bond acceptors (Lipinski definition) is 15. The van der Waals surface area contributed by atoms with Crippen molar-refractivity contribution in [2.75, 3.05) is 20.2 Å². The number of aliphatic carboxylic acids is 1. The molecule has 2 atom stereocenters. The average Bonchev–Trinajstić information content (AvgIpc) is 4.23. The number of fused-ring (bicyclic) bond motifs is 2. The third kappa shape index (κ3) is 13.0. The largest absolute Gasteiger partial charge is 0.480 e. The Morgan fingerprint density at radius 1 is 0.592 bits per heavy atom. The van der Waals surface area contributed by atoms with E-state index in [9.17, 15) is 43.5 Å². The average molecular weight is 1080 g/mol. The number of carbonyl (C=O) groups is 8. The summed E-state index contributed by atoms with van der Waals surface area (Å²) in [6.45, 7) is -0.0301. The van der Waals surface area contributed by atoms with Gasteiger partial charge in [0.1, 0.15) is 21.8 Å². The predicted molar refractivity (Wildman–Crippen MR) is 269 cm³/mol. The van der Waals surface area contributed by atoms with Gasteiger partial charge in [-0.25, -0.2) is 9.59 Å². The number of carbonyl (C=O) groups excluding carboxylic acids is 7. The molecule has 20 nitrogen and oxygen atoms in total. The van der Waals surface area contributed by atoms with Crippen LogP contribution in [0.3, 0.4) is 0 Å². The molecule has 0 fully saturated rings. The van der Waals surface area contributed by atoms with Gasteiger partial charge in [-0.05, 0) is 58.3 Å². The highest BCUT2D eigenvalue weighted by Gasteiger charge is 2.28. The highest BCUT2D eigenvalue weighted by molar-refractivity contribution is 7.17. The summed E-state index contributed by atoms with van der Waals surface area (Å²) in [6.07, 6.45) is 3.35. The Kier molecular flexibility index (Phi) is 17.3. The van der Waals surface area contributed by atoms with E-state index in [-0.39, 0.29) is 61.6 Å². The predicted octanol–water partition coefficient (Wildman–Crippen LogP) is 5.85. The number of H-pyrrole nitrogens is 2. The maximum atomic E-state index is 12.9. The van der Waals surface area contributed by atoms with Crippen LogP contribution in [0.15, 0.2) is 96.0 Å². The molecule has 0 aliphatic rings. The summed E-state index contributed by atoms with van der Waals surface area (Å²) in [5.41, 5.74) is 3.43. The highest BCUT2D eigenvalue weighted by atomic mass is 35.5. The minimum atomic E-state index is -1.39. The Labute approximate surface area is 427 Å². The lowest BCUT2D eigenvalue weighted by atomic mass is 10.1. The Morgan fingerprint density at radius 3 is 1.45 bits per heavy atom. The number of carboxylic acids is 1. The highest BCUT2D eigenvalue weighted by Crippen LogP contribution is 2.29. The molecule has 0 radical (unpaired) electrons. The van der Waals surface area contributed by atoms with E-state index in [1.165, 1.54) is 41.9 Å². The molecule has 6 amide bonds. The zero-order chi connectivity index (χ0) is 50.6. The third-order valence-electron chi connectivity index (χ3n) is 10.1. The number of halogens is 2. The quantitative estimate of drug-likeness (QED) is 0.0457. The van der Waals surface area contributed by atoms with Gasteiger partial charge in [0.05, 0.1) is 60.1 Å². The molecular weight excluding hydrogens is 1040 g/mol. The molecule has 0 aliphatic heterocycles. The van der Waals surface area contributed by atoms with Crippen LogP contribution in [-0.4, -0.2) is 105 Å². The lowest BCUT2D eigenvalue weighted by molar-refractivity contribution is -0.142. The topological polar surface area (TPSA) is 296 Å². The molecule has 6 aromatic heterocycles. The first-order valence-corrected chi connectivity index (χ1v) is 24.9. The van der Waals surface area contributed by atoms with Crippen LogP contribution in [0, 0.1) is 0 Å². The van der Waals surface area contributed by atoms with Crippen molar-refractivity contribution in [2.45, 2.75) is 25.2 Å². The maximum Gasteiger partial charge on any atom is 0.330 e. The normalized spacial score (nSPS) is 11.6. The van der Waals surface area contributed by atoms with E-state index < -0.39 is 53.6 Å². The van der Waals surface area contributed by atoms with Crippen LogP contribution in [-0.2, 0) is 27.4 Å². The fraction of sp³-hybridized carbons (Fsp3) is 0.156. The van der Waals surface area contributed by atoms with Crippen molar-refractivity contribution in [1.82, 2.24) is 52.3 Å². The number of aromatic nitrogens is 4. The Bertz CT molecular complexity index is 3240. The van der Waals surface area contributed by atoms with Gasteiger partial charge in [-0.1, -0.05) is 59.6 Å². The molecule has 0 aliphatic carbocycles. The van der Waals surface area contributed by atoms with Crippen LogP contribution in [0.25, 0.3) is 21.8 Å². The number of thiophene rings is 4. The van der Waals surface area contributed by atoms with Crippen molar-refractivity contribution in [3.05, 3.63) is 146 Å².